The van der Waals surface area contributed by atoms with Crippen molar-refractivity contribution in [3.63, 3.8) is 0 Å². The van der Waals surface area contributed by atoms with Gasteiger partial charge in [-0.1, -0.05) is 35.9 Å². The van der Waals surface area contributed by atoms with E-state index < -0.39 is 5.97 Å². The predicted octanol–water partition coefficient (Wildman–Crippen LogP) is 3.73. The topological polar surface area (TPSA) is 48.3 Å². The molecule has 0 saturated heterocycles. The zero-order valence-corrected chi connectivity index (χ0v) is 13.3. The molecule has 0 spiro atoms. The first-order valence-electron chi connectivity index (χ1n) is 7.34. The Morgan fingerprint density at radius 1 is 0.957 bits per heavy atom. The molecule has 0 N–H and O–H groups in total. The number of aromatic nitrogens is 1. The van der Waals surface area contributed by atoms with Gasteiger partial charge in [0, 0.05) is 16.6 Å². The fourth-order valence-electron chi connectivity index (χ4n) is 2.81. The highest BCUT2D eigenvalue weighted by molar-refractivity contribution is 6.11. The van der Waals surface area contributed by atoms with Crippen LogP contribution < -0.4 is 0 Å². The molecule has 0 unspecified atom stereocenters. The molecular weight excluding hydrogens is 290 g/mol. The molecule has 0 bridgehead atoms. The normalized spacial score (nSPS) is 10.7. The molecule has 2 aromatic carbocycles. The summed E-state index contributed by atoms with van der Waals surface area (Å²) in [5.74, 6) is -0.594. The number of para-hydroxylation sites is 1. The molecule has 4 heteroatoms. The molecule has 0 fully saturated rings. The van der Waals surface area contributed by atoms with Crippen LogP contribution in [0, 0.1) is 13.8 Å². The molecule has 23 heavy (non-hydrogen) atoms. The third-order valence-electron chi connectivity index (χ3n) is 4.00. The number of esters is 1. The van der Waals surface area contributed by atoms with Crippen LogP contribution in [0.4, 0.5) is 0 Å². The number of hydrogen-bond donors (Lipinski definition) is 0. The van der Waals surface area contributed by atoms with Gasteiger partial charge in [-0.2, -0.15) is 0 Å². The van der Waals surface area contributed by atoms with Gasteiger partial charge in [-0.05, 0) is 32.0 Å². The number of hydrogen-bond acceptors (Lipinski definition) is 3. The van der Waals surface area contributed by atoms with Crippen molar-refractivity contribution in [1.29, 1.82) is 0 Å². The third-order valence-corrected chi connectivity index (χ3v) is 4.00. The predicted molar refractivity (Wildman–Crippen MR) is 88.9 cm³/mol. The molecule has 0 aliphatic rings. The minimum absolute atomic E-state index is 0.158. The number of ether oxygens (including phenoxy) is 1. The Morgan fingerprint density at radius 2 is 1.61 bits per heavy atom. The van der Waals surface area contributed by atoms with Gasteiger partial charge in [-0.15, -0.1) is 0 Å². The largest absolute Gasteiger partial charge is 0.465 e. The Hall–Kier alpha value is -2.88. The van der Waals surface area contributed by atoms with Crippen molar-refractivity contribution in [2.45, 2.75) is 13.8 Å². The van der Waals surface area contributed by atoms with Crippen molar-refractivity contribution >= 4 is 22.8 Å². The summed E-state index contributed by atoms with van der Waals surface area (Å²) in [4.78, 5) is 25.0. The number of methoxy groups -OCH3 is 1. The van der Waals surface area contributed by atoms with E-state index in [1.54, 1.807) is 23.6 Å². The smallest absolute Gasteiger partial charge is 0.340 e. The van der Waals surface area contributed by atoms with Gasteiger partial charge in [0.15, 0.2) is 0 Å². The summed E-state index contributed by atoms with van der Waals surface area (Å²) >= 11 is 0. The first kappa shape index (κ1) is 15.0. The second-order valence-corrected chi connectivity index (χ2v) is 5.48. The van der Waals surface area contributed by atoms with Crippen LogP contribution >= 0.6 is 0 Å². The molecule has 3 rings (SSSR count). The van der Waals surface area contributed by atoms with Crippen molar-refractivity contribution in [1.82, 2.24) is 4.57 Å². The lowest BCUT2D eigenvalue weighted by Crippen LogP contribution is -2.14. The highest BCUT2D eigenvalue weighted by Gasteiger charge is 2.23. The number of fused-ring (bicyclic) bond motifs is 1. The van der Waals surface area contributed by atoms with E-state index in [9.17, 15) is 9.59 Å². The molecule has 1 heterocycles. The monoisotopic (exact) mass is 307 g/mol. The third kappa shape index (κ3) is 2.42. The summed E-state index contributed by atoms with van der Waals surface area (Å²) in [5, 5.41) is 0.720. The van der Waals surface area contributed by atoms with Gasteiger partial charge in [0.25, 0.3) is 5.91 Å². The molecule has 0 saturated carbocycles. The van der Waals surface area contributed by atoms with Crippen LogP contribution in [0.1, 0.15) is 32.0 Å². The Morgan fingerprint density at radius 3 is 2.26 bits per heavy atom. The summed E-state index contributed by atoms with van der Waals surface area (Å²) in [7, 11) is 1.34. The lowest BCUT2D eigenvalue weighted by Gasteiger charge is -2.07. The maximum Gasteiger partial charge on any atom is 0.340 e. The van der Waals surface area contributed by atoms with Crippen molar-refractivity contribution in [3.05, 3.63) is 70.9 Å². The number of benzene rings is 2. The van der Waals surface area contributed by atoms with E-state index in [0.717, 1.165) is 10.9 Å². The highest BCUT2D eigenvalue weighted by Crippen LogP contribution is 2.27. The number of carbonyl (C=O) groups is 2. The summed E-state index contributed by atoms with van der Waals surface area (Å²) in [5.41, 5.74) is 3.39. The molecule has 0 amide bonds. The maximum absolute atomic E-state index is 12.9. The van der Waals surface area contributed by atoms with Crippen LogP contribution in [0.3, 0.4) is 0 Å². The summed E-state index contributed by atoms with van der Waals surface area (Å²) in [6, 6.07) is 14.7. The lowest BCUT2D eigenvalue weighted by atomic mass is 10.1. The van der Waals surface area contributed by atoms with Gasteiger partial charge in [0.05, 0.1) is 18.2 Å². The van der Waals surface area contributed by atoms with Crippen LogP contribution in [0.15, 0.2) is 48.5 Å². The fourth-order valence-corrected chi connectivity index (χ4v) is 2.81. The van der Waals surface area contributed by atoms with E-state index in [2.05, 4.69) is 0 Å². The van der Waals surface area contributed by atoms with Gasteiger partial charge < -0.3 is 4.74 Å². The van der Waals surface area contributed by atoms with E-state index in [0.29, 0.717) is 22.3 Å². The number of rotatable bonds is 2. The van der Waals surface area contributed by atoms with Gasteiger partial charge in [0.1, 0.15) is 0 Å². The van der Waals surface area contributed by atoms with Crippen LogP contribution in [0.25, 0.3) is 10.9 Å². The fraction of sp³-hybridized carbons (Fsp3) is 0.158. The van der Waals surface area contributed by atoms with Crippen LogP contribution in [-0.2, 0) is 4.74 Å². The Kier molecular flexibility index (Phi) is 3.74. The van der Waals surface area contributed by atoms with Crippen LogP contribution in [0.2, 0.25) is 0 Å². The van der Waals surface area contributed by atoms with Crippen molar-refractivity contribution in [3.8, 4) is 0 Å². The molecule has 0 atom stereocenters. The van der Waals surface area contributed by atoms with E-state index in [-0.39, 0.29) is 5.91 Å². The maximum atomic E-state index is 12.9. The number of nitrogens with zero attached hydrogens (tertiary/aromatic N) is 1. The average molecular weight is 307 g/mol. The SMILES string of the molecule is COC(=O)c1c(C)n(C(=O)c2ccc(C)cc2)c2ccccc12. The molecule has 0 aliphatic carbocycles. The van der Waals surface area contributed by atoms with Gasteiger partial charge in [-0.3, -0.25) is 9.36 Å². The second kappa shape index (κ2) is 5.72. The van der Waals surface area contributed by atoms with Gasteiger partial charge >= 0.3 is 5.97 Å². The number of carbonyl (C=O) groups excluding carboxylic acids is 2. The van der Waals surface area contributed by atoms with E-state index in [4.69, 9.17) is 4.74 Å². The number of aryl methyl sites for hydroxylation is 1. The lowest BCUT2D eigenvalue weighted by molar-refractivity contribution is 0.0602. The Balaban J connectivity index is 2.25. The van der Waals surface area contributed by atoms with Gasteiger partial charge in [0.2, 0.25) is 0 Å². The minimum Gasteiger partial charge on any atom is -0.465 e. The van der Waals surface area contributed by atoms with Crippen LogP contribution in [0.5, 0.6) is 0 Å². The molecular formula is C19H17NO3. The van der Waals surface area contributed by atoms with Crippen LogP contribution in [-0.4, -0.2) is 23.6 Å². The van der Waals surface area contributed by atoms with Gasteiger partial charge in [-0.25, -0.2) is 4.79 Å². The zero-order valence-electron chi connectivity index (χ0n) is 13.3. The Labute approximate surface area is 134 Å². The summed E-state index contributed by atoms with van der Waals surface area (Å²) < 4.78 is 6.45. The molecule has 4 nitrogen and oxygen atoms in total. The zero-order chi connectivity index (χ0) is 16.6. The van der Waals surface area contributed by atoms with E-state index in [1.807, 2.05) is 43.3 Å². The Bertz CT molecular complexity index is 904. The molecule has 0 radical (unpaired) electrons. The molecule has 3 aromatic rings. The summed E-state index contributed by atoms with van der Waals surface area (Å²) in [6.07, 6.45) is 0. The minimum atomic E-state index is -0.436. The van der Waals surface area contributed by atoms with E-state index in [1.165, 1.54) is 7.11 Å². The van der Waals surface area contributed by atoms with Crippen molar-refractivity contribution in [2.75, 3.05) is 7.11 Å². The molecule has 1 aromatic heterocycles. The highest BCUT2D eigenvalue weighted by atomic mass is 16.5. The quantitative estimate of drug-likeness (QED) is 0.678. The average Bonchev–Trinajstić information content (AvgIpc) is 2.86. The first-order valence-corrected chi connectivity index (χ1v) is 7.34. The van der Waals surface area contributed by atoms with Crippen molar-refractivity contribution in [2.24, 2.45) is 0 Å². The standard InChI is InChI=1S/C19H17NO3/c1-12-8-10-14(11-9-12)18(21)20-13(2)17(19(22)23-3)15-6-4-5-7-16(15)20/h4-11H,1-3H3. The van der Waals surface area contributed by atoms with Crippen molar-refractivity contribution < 1.29 is 14.3 Å². The summed E-state index contributed by atoms with van der Waals surface area (Å²) in [6.45, 7) is 3.73. The molecule has 116 valence electrons. The first-order chi connectivity index (χ1) is 11.0. The second-order valence-electron chi connectivity index (χ2n) is 5.48. The molecule has 0 aliphatic heterocycles. The van der Waals surface area contributed by atoms with E-state index >= 15 is 0 Å².